The lowest BCUT2D eigenvalue weighted by Crippen LogP contribution is -2.42. The maximum atomic E-state index is 11.9. The van der Waals surface area contributed by atoms with E-state index < -0.39 is 11.7 Å². The average Bonchev–Trinajstić information content (AvgIpc) is 2.62. The predicted molar refractivity (Wildman–Crippen MR) is 122 cm³/mol. The number of nitrogens with zero attached hydrogens (tertiary/aromatic N) is 3. The van der Waals surface area contributed by atoms with Crippen molar-refractivity contribution in [2.45, 2.75) is 142 Å². The van der Waals surface area contributed by atoms with E-state index in [1.54, 1.807) is 0 Å². The van der Waals surface area contributed by atoms with Gasteiger partial charge in [-0.05, 0) is 39.6 Å². The molecular weight excluding hydrogens is 364 g/mol. The van der Waals surface area contributed by atoms with Crippen LogP contribution in [0.2, 0.25) is 0 Å². The Balaban J connectivity index is 3.79. The van der Waals surface area contributed by atoms with Crippen LogP contribution in [0, 0.1) is 0 Å². The number of carbonyl (C=O) groups is 1. The molecule has 29 heavy (non-hydrogen) atoms. The molecule has 6 heteroatoms. The van der Waals surface area contributed by atoms with Gasteiger partial charge in [0.25, 0.3) is 0 Å². The number of alkyl carbamates (subject to hydrolysis) is 1. The molecule has 0 heterocycles. The van der Waals surface area contributed by atoms with Gasteiger partial charge < -0.3 is 10.1 Å². The smallest absolute Gasteiger partial charge is 0.407 e. The second-order valence-electron chi connectivity index (χ2n) is 9.24. The molecule has 1 amide bonds. The van der Waals surface area contributed by atoms with Gasteiger partial charge in [0.1, 0.15) is 5.60 Å². The van der Waals surface area contributed by atoms with Crippen molar-refractivity contribution in [3.05, 3.63) is 10.4 Å². The lowest BCUT2D eigenvalue weighted by atomic mass is 10.0. The fourth-order valence-corrected chi connectivity index (χ4v) is 3.43. The van der Waals surface area contributed by atoms with Crippen LogP contribution in [-0.2, 0) is 4.74 Å². The van der Waals surface area contributed by atoms with Crippen LogP contribution in [0.3, 0.4) is 0 Å². The summed E-state index contributed by atoms with van der Waals surface area (Å²) in [5.41, 5.74) is 8.29. The molecule has 0 saturated heterocycles. The van der Waals surface area contributed by atoms with Crippen molar-refractivity contribution < 1.29 is 9.53 Å². The zero-order valence-corrected chi connectivity index (χ0v) is 19.7. The number of ether oxygens (including phenoxy) is 1. The van der Waals surface area contributed by atoms with Gasteiger partial charge in [-0.25, -0.2) is 4.79 Å². The van der Waals surface area contributed by atoms with Crippen molar-refractivity contribution in [2.75, 3.05) is 0 Å². The molecule has 0 aliphatic heterocycles. The third-order valence-electron chi connectivity index (χ3n) is 5.12. The Kier molecular flexibility index (Phi) is 16.6. The van der Waals surface area contributed by atoms with E-state index in [0.717, 1.165) is 19.3 Å². The molecule has 6 nitrogen and oxygen atoms in total. The van der Waals surface area contributed by atoms with E-state index in [1.165, 1.54) is 70.6 Å². The van der Waals surface area contributed by atoms with E-state index in [1.807, 2.05) is 27.7 Å². The summed E-state index contributed by atoms with van der Waals surface area (Å²) in [5.74, 6) is 0. The number of carbonyl (C=O) groups excluding carboxylic acids is 1. The van der Waals surface area contributed by atoms with Gasteiger partial charge in [-0.15, -0.1) is 0 Å². The van der Waals surface area contributed by atoms with Crippen molar-refractivity contribution in [3.8, 4) is 0 Å². The fraction of sp³-hybridized carbons (Fsp3) is 0.957. The van der Waals surface area contributed by atoms with Crippen LogP contribution in [0.15, 0.2) is 5.11 Å². The van der Waals surface area contributed by atoms with E-state index in [4.69, 9.17) is 10.3 Å². The molecule has 0 radical (unpaired) electrons. The second kappa shape index (κ2) is 17.4. The molecular formula is C23H46N4O2. The first-order chi connectivity index (χ1) is 13.8. The molecule has 1 N–H and O–H groups in total. The van der Waals surface area contributed by atoms with Gasteiger partial charge in [-0.3, -0.25) is 0 Å². The summed E-state index contributed by atoms with van der Waals surface area (Å²) in [6.45, 7) is 9.62. The maximum Gasteiger partial charge on any atom is 0.407 e. The van der Waals surface area contributed by atoms with Crippen molar-refractivity contribution in [3.63, 3.8) is 0 Å². The van der Waals surface area contributed by atoms with Crippen LogP contribution in [-0.4, -0.2) is 23.8 Å². The summed E-state index contributed by atoms with van der Waals surface area (Å²) in [7, 11) is 0. The van der Waals surface area contributed by atoms with E-state index >= 15 is 0 Å². The van der Waals surface area contributed by atoms with E-state index in [2.05, 4.69) is 22.3 Å². The van der Waals surface area contributed by atoms with Crippen LogP contribution in [0.4, 0.5) is 4.79 Å². The standard InChI is InChI=1S/C23H46N4O2/c1-6-7-8-9-10-11-12-13-14-15-16-17-18-19-21(26-27-24)20(2)25-22(28)29-23(3,4)5/h20-21H,6-19H2,1-5H3,(H,25,28)/t20-,21+/m0/s1. The normalized spacial score (nSPS) is 13.4. The summed E-state index contributed by atoms with van der Waals surface area (Å²) in [6.07, 6.45) is 17.4. The van der Waals surface area contributed by atoms with Gasteiger partial charge in [0.15, 0.2) is 0 Å². The van der Waals surface area contributed by atoms with Crippen molar-refractivity contribution >= 4 is 6.09 Å². The molecule has 0 bridgehead atoms. The zero-order valence-electron chi connectivity index (χ0n) is 19.7. The van der Waals surface area contributed by atoms with Crippen LogP contribution in [0.1, 0.15) is 125 Å². The molecule has 0 fully saturated rings. The third-order valence-corrected chi connectivity index (χ3v) is 5.12. The Morgan fingerprint density at radius 1 is 0.931 bits per heavy atom. The molecule has 0 rings (SSSR count). The summed E-state index contributed by atoms with van der Waals surface area (Å²) in [6, 6.07) is -0.474. The molecule has 0 aliphatic carbocycles. The monoisotopic (exact) mass is 410 g/mol. The number of unbranched alkanes of at least 4 members (excludes halogenated alkanes) is 12. The highest BCUT2D eigenvalue weighted by molar-refractivity contribution is 5.68. The van der Waals surface area contributed by atoms with Gasteiger partial charge in [0, 0.05) is 11.0 Å². The highest BCUT2D eigenvalue weighted by Gasteiger charge is 2.21. The van der Waals surface area contributed by atoms with Gasteiger partial charge in [-0.1, -0.05) is 95.5 Å². The molecule has 170 valence electrons. The fourth-order valence-electron chi connectivity index (χ4n) is 3.43. The minimum absolute atomic E-state index is 0.236. The number of amides is 1. The van der Waals surface area contributed by atoms with Crippen LogP contribution >= 0.6 is 0 Å². The molecule has 0 aromatic carbocycles. The highest BCUT2D eigenvalue weighted by atomic mass is 16.6. The van der Waals surface area contributed by atoms with Crippen LogP contribution in [0.25, 0.3) is 10.4 Å². The second-order valence-corrected chi connectivity index (χ2v) is 9.24. The highest BCUT2D eigenvalue weighted by Crippen LogP contribution is 2.16. The van der Waals surface area contributed by atoms with Gasteiger partial charge in [-0.2, -0.15) is 0 Å². The molecule has 0 aliphatic rings. The molecule has 0 aromatic heterocycles. The summed E-state index contributed by atoms with van der Waals surface area (Å²) < 4.78 is 5.27. The maximum absolute atomic E-state index is 11.9. The van der Waals surface area contributed by atoms with E-state index in [0.29, 0.717) is 0 Å². The lowest BCUT2D eigenvalue weighted by Gasteiger charge is -2.24. The SMILES string of the molecule is CCCCCCCCCCCCCCC[C@@H](N=[N+]=[N-])[C@H](C)NC(=O)OC(C)(C)C. The number of hydrogen-bond donors (Lipinski definition) is 1. The van der Waals surface area contributed by atoms with Crippen molar-refractivity contribution in [2.24, 2.45) is 5.11 Å². The molecule has 2 atom stereocenters. The largest absolute Gasteiger partial charge is 0.444 e. The first kappa shape index (κ1) is 27.6. The van der Waals surface area contributed by atoms with Gasteiger partial charge in [0.2, 0.25) is 0 Å². The van der Waals surface area contributed by atoms with Gasteiger partial charge in [0.05, 0.1) is 6.04 Å². The van der Waals surface area contributed by atoms with Crippen LogP contribution in [0.5, 0.6) is 0 Å². The molecule has 0 unspecified atom stereocenters. The first-order valence-electron chi connectivity index (χ1n) is 11.8. The third kappa shape index (κ3) is 18.4. The number of rotatable bonds is 17. The van der Waals surface area contributed by atoms with Gasteiger partial charge >= 0.3 is 6.09 Å². The van der Waals surface area contributed by atoms with Crippen molar-refractivity contribution in [1.82, 2.24) is 5.32 Å². The number of hydrogen-bond acceptors (Lipinski definition) is 3. The average molecular weight is 411 g/mol. The quantitative estimate of drug-likeness (QED) is 0.114. The van der Waals surface area contributed by atoms with Crippen LogP contribution < -0.4 is 5.32 Å². The minimum atomic E-state index is -0.535. The summed E-state index contributed by atoms with van der Waals surface area (Å²) in [4.78, 5) is 14.9. The Labute approximate surface area is 179 Å². The molecule has 0 saturated carbocycles. The summed E-state index contributed by atoms with van der Waals surface area (Å²) >= 11 is 0. The predicted octanol–water partition coefficient (Wildman–Crippen LogP) is 8.06. The topological polar surface area (TPSA) is 87.1 Å². The first-order valence-corrected chi connectivity index (χ1v) is 11.8. The zero-order chi connectivity index (χ0) is 22.0. The lowest BCUT2D eigenvalue weighted by molar-refractivity contribution is 0.0500. The number of azide groups is 1. The molecule has 0 aromatic rings. The Bertz CT molecular complexity index is 456. The van der Waals surface area contributed by atoms with Crippen molar-refractivity contribution in [1.29, 1.82) is 0 Å². The summed E-state index contributed by atoms with van der Waals surface area (Å²) in [5, 5.41) is 6.67. The van der Waals surface area contributed by atoms with E-state index in [-0.39, 0.29) is 12.1 Å². The molecule has 0 spiro atoms. The Morgan fingerprint density at radius 3 is 1.79 bits per heavy atom. The Morgan fingerprint density at radius 2 is 1.38 bits per heavy atom. The number of nitrogens with one attached hydrogen (secondary N) is 1. The Hall–Kier alpha value is -1.42. The van der Waals surface area contributed by atoms with E-state index in [9.17, 15) is 4.79 Å². The minimum Gasteiger partial charge on any atom is -0.444 e.